The molecule has 0 fully saturated rings. The first kappa shape index (κ1) is 97.1. The molecule has 99 heavy (non-hydrogen) atoms. The van der Waals surface area contributed by atoms with Gasteiger partial charge in [-0.25, -0.2) is 9.13 Å². The van der Waals surface area contributed by atoms with Crippen LogP contribution in [0, 0.1) is 0 Å². The lowest BCUT2D eigenvalue weighted by Gasteiger charge is -2.21. The Morgan fingerprint density at radius 3 is 0.596 bits per heavy atom. The summed E-state index contributed by atoms with van der Waals surface area (Å²) in [6.07, 6.45) is 66.4. The van der Waals surface area contributed by atoms with Crippen molar-refractivity contribution in [2.45, 2.75) is 451 Å². The van der Waals surface area contributed by atoms with Gasteiger partial charge in [0.15, 0.2) is 12.2 Å². The molecule has 3 N–H and O–H groups in total. The Bertz CT molecular complexity index is 1880. The van der Waals surface area contributed by atoms with Crippen LogP contribution in [0.25, 0.3) is 0 Å². The predicted molar refractivity (Wildman–Crippen MR) is 405 cm³/mol. The third kappa shape index (κ3) is 74.1. The van der Waals surface area contributed by atoms with Gasteiger partial charge in [-0.15, -0.1) is 0 Å². The molecule has 0 heterocycles. The minimum Gasteiger partial charge on any atom is -0.462 e. The van der Waals surface area contributed by atoms with E-state index in [1.165, 1.54) is 263 Å². The standard InChI is InChI=1S/C80H156O17P2/c1-5-9-13-17-21-25-29-33-35-36-37-38-39-43-47-51-55-59-63-67-80(85)97-76(71-91-78(83)65-61-57-53-49-45-42-34-30-26-22-18-14-10-6-2)73-95-99(88,89)93-69-74(81)68-92-98(86,87)94-72-75(96-79(84)66-62-58-54-50-46-41-32-28-24-20-16-12-8-4)70-90-77(82)64-60-56-52-48-44-40-31-27-23-19-15-11-7-3/h74-76,81H,5-73H2,1-4H3,(H,86,87)(H,88,89)/t74-,75+,76+/m0/s1. The quantitative estimate of drug-likeness (QED) is 0.0222. The highest BCUT2D eigenvalue weighted by molar-refractivity contribution is 7.47. The van der Waals surface area contributed by atoms with Crippen LogP contribution in [0.3, 0.4) is 0 Å². The van der Waals surface area contributed by atoms with Crippen molar-refractivity contribution in [3.05, 3.63) is 0 Å². The molecule has 17 nitrogen and oxygen atoms in total. The first-order chi connectivity index (χ1) is 48.2. The second kappa shape index (κ2) is 74.3. The first-order valence-corrected chi connectivity index (χ1v) is 44.8. The highest BCUT2D eigenvalue weighted by Gasteiger charge is 2.30. The van der Waals surface area contributed by atoms with Crippen LogP contribution in [0.15, 0.2) is 0 Å². The Kier molecular flexibility index (Phi) is 72.9. The number of phosphoric acid groups is 2. The number of rotatable bonds is 81. The third-order valence-electron chi connectivity index (χ3n) is 18.9. The molecule has 0 aromatic heterocycles. The predicted octanol–water partition coefficient (Wildman–Crippen LogP) is 24.2. The lowest BCUT2D eigenvalue weighted by atomic mass is 10.0. The minimum atomic E-state index is -4.96. The van der Waals surface area contributed by atoms with E-state index in [2.05, 4.69) is 27.7 Å². The molecule has 588 valence electrons. The molecule has 0 aliphatic carbocycles. The molecule has 2 unspecified atom stereocenters. The number of carbonyl (C=O) groups excluding carboxylic acids is 4. The molecule has 0 bridgehead atoms. The number of aliphatic hydroxyl groups excluding tert-OH is 1. The van der Waals surface area contributed by atoms with E-state index in [1.807, 2.05) is 0 Å². The van der Waals surface area contributed by atoms with Crippen molar-refractivity contribution in [2.75, 3.05) is 39.6 Å². The summed E-state index contributed by atoms with van der Waals surface area (Å²) < 4.78 is 68.7. The van der Waals surface area contributed by atoms with Crippen LogP contribution in [-0.2, 0) is 65.4 Å². The molecule has 0 aromatic rings. The molecule has 0 radical (unpaired) electrons. The number of carbonyl (C=O) groups is 4. The number of hydrogen-bond donors (Lipinski definition) is 3. The molecule has 0 amide bonds. The summed E-state index contributed by atoms with van der Waals surface area (Å²) >= 11 is 0. The maximum Gasteiger partial charge on any atom is 0.472 e. The normalized spacial score (nSPS) is 13.8. The highest BCUT2D eigenvalue weighted by Crippen LogP contribution is 2.45. The van der Waals surface area contributed by atoms with Crippen molar-refractivity contribution in [3.8, 4) is 0 Å². The van der Waals surface area contributed by atoms with Gasteiger partial charge in [0.05, 0.1) is 26.4 Å². The number of ether oxygens (including phenoxy) is 4. The Hall–Kier alpha value is -1.94. The van der Waals surface area contributed by atoms with E-state index in [0.29, 0.717) is 25.7 Å². The molecule has 0 aromatic carbocycles. The minimum absolute atomic E-state index is 0.109. The Balaban J connectivity index is 5.24. The van der Waals surface area contributed by atoms with Crippen molar-refractivity contribution < 1.29 is 80.2 Å². The molecule has 0 saturated heterocycles. The van der Waals surface area contributed by atoms with Gasteiger partial charge >= 0.3 is 39.5 Å². The average molecular weight is 1450 g/mol. The SMILES string of the molecule is CCCCCCCCCCCCCCCCCCCCCC(=O)O[C@H](COC(=O)CCCCCCCCCCCCCCCC)COP(=O)(O)OC[C@@H](O)COP(=O)(O)OC[C@@H](COC(=O)CCCCCCCCCCCCCCC)OC(=O)CCCCCCCCCCCCCCC. The largest absolute Gasteiger partial charge is 0.472 e. The maximum absolute atomic E-state index is 13.1. The molecular formula is C80H156O17P2. The van der Waals surface area contributed by atoms with Crippen LogP contribution in [0.1, 0.15) is 432 Å². The highest BCUT2D eigenvalue weighted by atomic mass is 31.2. The number of hydrogen-bond acceptors (Lipinski definition) is 15. The van der Waals surface area contributed by atoms with Crippen molar-refractivity contribution in [1.82, 2.24) is 0 Å². The van der Waals surface area contributed by atoms with Gasteiger partial charge in [-0.2, -0.15) is 0 Å². The summed E-state index contributed by atoms with van der Waals surface area (Å²) in [4.78, 5) is 73.0. The van der Waals surface area contributed by atoms with Crippen LogP contribution in [0.4, 0.5) is 0 Å². The number of esters is 4. The lowest BCUT2D eigenvalue weighted by molar-refractivity contribution is -0.161. The number of aliphatic hydroxyl groups is 1. The van der Waals surface area contributed by atoms with Crippen molar-refractivity contribution in [2.24, 2.45) is 0 Å². The summed E-state index contributed by atoms with van der Waals surface area (Å²) in [6.45, 7) is 5.03. The van der Waals surface area contributed by atoms with E-state index in [4.69, 9.17) is 37.0 Å². The van der Waals surface area contributed by atoms with Crippen LogP contribution in [0.2, 0.25) is 0 Å². The third-order valence-corrected chi connectivity index (χ3v) is 20.8. The molecule has 0 aliphatic rings. The van der Waals surface area contributed by atoms with Crippen LogP contribution >= 0.6 is 15.6 Å². The fraction of sp³-hybridized carbons (Fsp3) is 0.950. The summed E-state index contributed by atoms with van der Waals surface area (Å²) in [5, 5.41) is 10.6. The van der Waals surface area contributed by atoms with E-state index >= 15 is 0 Å². The summed E-state index contributed by atoms with van der Waals surface area (Å²) in [5.74, 6) is -2.10. The zero-order chi connectivity index (χ0) is 72.5. The van der Waals surface area contributed by atoms with Crippen LogP contribution in [-0.4, -0.2) is 96.7 Å². The Morgan fingerprint density at radius 2 is 0.404 bits per heavy atom. The van der Waals surface area contributed by atoms with Gasteiger partial charge in [0, 0.05) is 25.7 Å². The zero-order valence-electron chi connectivity index (χ0n) is 64.5. The maximum atomic E-state index is 13.1. The number of unbranched alkanes of at least 4 members (excludes halogenated alkanes) is 55. The van der Waals surface area contributed by atoms with Gasteiger partial charge in [-0.1, -0.05) is 381 Å². The van der Waals surface area contributed by atoms with Gasteiger partial charge < -0.3 is 33.8 Å². The molecule has 0 saturated carbocycles. The summed E-state index contributed by atoms with van der Waals surface area (Å²) in [5.41, 5.74) is 0. The zero-order valence-corrected chi connectivity index (χ0v) is 66.3. The molecule has 0 aliphatic heterocycles. The number of phosphoric ester groups is 2. The smallest absolute Gasteiger partial charge is 0.462 e. The van der Waals surface area contributed by atoms with E-state index < -0.39 is 97.5 Å². The van der Waals surface area contributed by atoms with Crippen molar-refractivity contribution in [1.29, 1.82) is 0 Å². The van der Waals surface area contributed by atoms with Crippen molar-refractivity contribution in [3.63, 3.8) is 0 Å². The summed E-state index contributed by atoms with van der Waals surface area (Å²) in [6, 6.07) is 0. The van der Waals surface area contributed by atoms with Gasteiger partial charge in [0.25, 0.3) is 0 Å². The van der Waals surface area contributed by atoms with Gasteiger partial charge in [-0.05, 0) is 25.7 Å². The second-order valence-electron chi connectivity index (χ2n) is 28.8. The molecule has 0 rings (SSSR count). The van der Waals surface area contributed by atoms with E-state index in [-0.39, 0.29) is 25.7 Å². The first-order valence-electron chi connectivity index (χ1n) is 41.8. The van der Waals surface area contributed by atoms with Crippen LogP contribution in [0.5, 0.6) is 0 Å². The molecular weight excluding hydrogens is 1290 g/mol. The van der Waals surface area contributed by atoms with E-state index in [9.17, 15) is 43.2 Å². The average Bonchev–Trinajstić information content (AvgIpc) is 0.989. The van der Waals surface area contributed by atoms with Gasteiger partial charge in [0.2, 0.25) is 0 Å². The van der Waals surface area contributed by atoms with Crippen LogP contribution < -0.4 is 0 Å². The van der Waals surface area contributed by atoms with Crippen molar-refractivity contribution >= 4 is 39.5 Å². The van der Waals surface area contributed by atoms with E-state index in [1.54, 1.807) is 0 Å². The van der Waals surface area contributed by atoms with Gasteiger partial charge in [-0.3, -0.25) is 37.3 Å². The Labute approximate surface area is 607 Å². The lowest BCUT2D eigenvalue weighted by Crippen LogP contribution is -2.30. The summed E-state index contributed by atoms with van der Waals surface area (Å²) in [7, 11) is -9.92. The fourth-order valence-electron chi connectivity index (χ4n) is 12.5. The Morgan fingerprint density at radius 1 is 0.242 bits per heavy atom. The molecule has 19 heteroatoms. The fourth-order valence-corrected chi connectivity index (χ4v) is 14.0. The van der Waals surface area contributed by atoms with E-state index in [0.717, 1.165) is 89.9 Å². The molecule has 0 spiro atoms. The topological polar surface area (TPSA) is 237 Å². The second-order valence-corrected chi connectivity index (χ2v) is 31.7. The molecule has 5 atom stereocenters. The van der Waals surface area contributed by atoms with Gasteiger partial charge in [0.1, 0.15) is 19.3 Å². The monoisotopic (exact) mass is 1450 g/mol.